The fourth-order valence-electron chi connectivity index (χ4n) is 0.858. The SMILES string of the molecule is CC(CCN)S(=O)(=O)CC(=O)N(C)C. The molecule has 0 aliphatic heterocycles. The van der Waals surface area contributed by atoms with Crippen LogP contribution in [0.5, 0.6) is 0 Å². The number of amides is 1. The number of nitrogens with zero attached hydrogens (tertiary/aromatic N) is 1. The number of carbonyl (C=O) groups excluding carboxylic acids is 1. The van der Waals surface area contributed by atoms with Gasteiger partial charge in [0.05, 0.1) is 5.25 Å². The lowest BCUT2D eigenvalue weighted by molar-refractivity contribution is -0.125. The van der Waals surface area contributed by atoms with Crippen LogP contribution >= 0.6 is 0 Å². The van der Waals surface area contributed by atoms with Crippen molar-refractivity contribution in [2.75, 3.05) is 26.4 Å². The molecule has 0 bridgehead atoms. The Morgan fingerprint density at radius 2 is 1.93 bits per heavy atom. The zero-order valence-corrected chi connectivity index (χ0v) is 9.67. The molecule has 1 unspecified atom stereocenters. The summed E-state index contributed by atoms with van der Waals surface area (Å²) in [5.74, 6) is -0.824. The van der Waals surface area contributed by atoms with Crippen molar-refractivity contribution < 1.29 is 13.2 Å². The van der Waals surface area contributed by atoms with Gasteiger partial charge in [0, 0.05) is 14.1 Å². The van der Waals surface area contributed by atoms with Crippen LogP contribution in [0.3, 0.4) is 0 Å². The van der Waals surface area contributed by atoms with Crippen molar-refractivity contribution >= 4 is 15.7 Å². The molecular formula is C8H18N2O3S. The van der Waals surface area contributed by atoms with E-state index in [4.69, 9.17) is 5.73 Å². The fraction of sp³-hybridized carbons (Fsp3) is 0.875. The third-order valence-electron chi connectivity index (χ3n) is 2.01. The quantitative estimate of drug-likeness (QED) is 0.662. The average Bonchev–Trinajstić information content (AvgIpc) is 2.03. The molecule has 0 spiro atoms. The molecule has 5 nitrogen and oxygen atoms in total. The smallest absolute Gasteiger partial charge is 0.237 e. The Balaban J connectivity index is 4.42. The molecule has 0 fully saturated rings. The van der Waals surface area contributed by atoms with Crippen LogP contribution in [-0.4, -0.2) is 50.9 Å². The molecule has 6 heteroatoms. The van der Waals surface area contributed by atoms with Crippen LogP contribution in [0.1, 0.15) is 13.3 Å². The summed E-state index contributed by atoms with van der Waals surface area (Å²) in [6.45, 7) is 1.89. The highest BCUT2D eigenvalue weighted by atomic mass is 32.2. The monoisotopic (exact) mass is 222 g/mol. The molecule has 1 atom stereocenters. The first kappa shape index (κ1) is 13.4. The van der Waals surface area contributed by atoms with E-state index in [1.54, 1.807) is 6.92 Å². The standard InChI is InChI=1S/C8H18N2O3S/c1-7(4-5-9)14(12,13)6-8(11)10(2)3/h7H,4-6,9H2,1-3H3. The van der Waals surface area contributed by atoms with Crippen LogP contribution in [0.15, 0.2) is 0 Å². The first-order chi connectivity index (χ1) is 6.31. The molecule has 0 rings (SSSR count). The van der Waals surface area contributed by atoms with Crippen LogP contribution in [-0.2, 0) is 14.6 Å². The largest absolute Gasteiger partial charge is 0.348 e. The Kier molecular flexibility index (Phi) is 5.07. The third-order valence-corrected chi connectivity index (χ3v) is 4.12. The summed E-state index contributed by atoms with van der Waals surface area (Å²) in [5.41, 5.74) is 5.26. The lowest BCUT2D eigenvalue weighted by atomic mass is 10.3. The lowest BCUT2D eigenvalue weighted by Crippen LogP contribution is -2.34. The first-order valence-corrected chi connectivity index (χ1v) is 6.14. The molecule has 1 amide bonds. The maximum absolute atomic E-state index is 11.5. The number of carbonyl (C=O) groups is 1. The number of sulfone groups is 1. The third kappa shape index (κ3) is 4.06. The second kappa shape index (κ2) is 5.31. The molecule has 2 N–H and O–H groups in total. The summed E-state index contributed by atoms with van der Waals surface area (Å²) >= 11 is 0. The topological polar surface area (TPSA) is 80.5 Å². The van der Waals surface area contributed by atoms with E-state index in [0.717, 1.165) is 0 Å². The molecule has 0 aromatic carbocycles. The molecule has 84 valence electrons. The minimum Gasteiger partial charge on any atom is -0.348 e. The van der Waals surface area contributed by atoms with Gasteiger partial charge in [-0.3, -0.25) is 4.79 Å². The van der Waals surface area contributed by atoms with Gasteiger partial charge in [-0.25, -0.2) is 8.42 Å². The van der Waals surface area contributed by atoms with Gasteiger partial charge in [0.1, 0.15) is 5.75 Å². The van der Waals surface area contributed by atoms with E-state index in [2.05, 4.69) is 0 Å². The summed E-state index contributed by atoms with van der Waals surface area (Å²) in [5, 5.41) is -0.545. The molecule has 0 saturated carbocycles. The van der Waals surface area contributed by atoms with Crippen LogP contribution in [0.25, 0.3) is 0 Å². The molecule has 0 aromatic heterocycles. The second-order valence-corrected chi connectivity index (χ2v) is 5.90. The van der Waals surface area contributed by atoms with E-state index in [9.17, 15) is 13.2 Å². The summed E-state index contributed by atoms with van der Waals surface area (Å²) in [6, 6.07) is 0. The van der Waals surface area contributed by atoms with E-state index in [0.29, 0.717) is 13.0 Å². The number of nitrogens with two attached hydrogens (primary N) is 1. The van der Waals surface area contributed by atoms with Crippen LogP contribution in [0, 0.1) is 0 Å². The molecule has 0 heterocycles. The van der Waals surface area contributed by atoms with Crippen molar-refractivity contribution in [3.63, 3.8) is 0 Å². The fourth-order valence-corrected chi connectivity index (χ4v) is 2.24. The van der Waals surface area contributed by atoms with Gasteiger partial charge in [0.2, 0.25) is 5.91 Å². The molecular weight excluding hydrogens is 204 g/mol. The lowest BCUT2D eigenvalue weighted by Gasteiger charge is -2.14. The van der Waals surface area contributed by atoms with Gasteiger partial charge >= 0.3 is 0 Å². The normalized spacial score (nSPS) is 13.7. The summed E-state index contributed by atoms with van der Waals surface area (Å²) in [4.78, 5) is 12.5. The maximum Gasteiger partial charge on any atom is 0.237 e. The average molecular weight is 222 g/mol. The Morgan fingerprint density at radius 3 is 2.29 bits per heavy atom. The summed E-state index contributed by atoms with van der Waals surface area (Å²) in [7, 11) is -0.272. The van der Waals surface area contributed by atoms with Gasteiger partial charge in [0.15, 0.2) is 9.84 Å². The van der Waals surface area contributed by atoms with Gasteiger partial charge < -0.3 is 10.6 Å². The van der Waals surface area contributed by atoms with Gasteiger partial charge in [0.25, 0.3) is 0 Å². The highest BCUT2D eigenvalue weighted by Crippen LogP contribution is 2.06. The van der Waals surface area contributed by atoms with Crippen LogP contribution in [0.2, 0.25) is 0 Å². The van der Waals surface area contributed by atoms with Crippen molar-refractivity contribution in [1.29, 1.82) is 0 Å². The summed E-state index contributed by atoms with van der Waals surface area (Å²) < 4.78 is 23.1. The van der Waals surface area contributed by atoms with Crippen molar-refractivity contribution in [3.8, 4) is 0 Å². The zero-order valence-electron chi connectivity index (χ0n) is 8.86. The van der Waals surface area contributed by atoms with Gasteiger partial charge in [-0.15, -0.1) is 0 Å². The van der Waals surface area contributed by atoms with Crippen molar-refractivity contribution in [1.82, 2.24) is 4.90 Å². The van der Waals surface area contributed by atoms with Crippen molar-refractivity contribution in [2.45, 2.75) is 18.6 Å². The second-order valence-electron chi connectivity index (χ2n) is 3.48. The van der Waals surface area contributed by atoms with Crippen LogP contribution < -0.4 is 5.73 Å². The number of hydrogen-bond acceptors (Lipinski definition) is 4. The summed E-state index contributed by atoms with van der Waals surface area (Å²) in [6.07, 6.45) is 0.392. The Bertz CT molecular complexity index is 285. The predicted molar refractivity (Wildman–Crippen MR) is 55.6 cm³/mol. The molecule has 0 aliphatic rings. The Hall–Kier alpha value is -0.620. The first-order valence-electron chi connectivity index (χ1n) is 4.43. The van der Waals surface area contributed by atoms with E-state index < -0.39 is 26.7 Å². The predicted octanol–water partition coefficient (Wildman–Crippen LogP) is -0.773. The Morgan fingerprint density at radius 1 is 1.43 bits per heavy atom. The van der Waals surface area contributed by atoms with E-state index in [1.807, 2.05) is 0 Å². The van der Waals surface area contributed by atoms with E-state index >= 15 is 0 Å². The van der Waals surface area contributed by atoms with E-state index in [1.165, 1.54) is 19.0 Å². The number of rotatable bonds is 5. The zero-order chi connectivity index (χ0) is 11.4. The van der Waals surface area contributed by atoms with Crippen molar-refractivity contribution in [2.24, 2.45) is 5.73 Å². The van der Waals surface area contributed by atoms with Crippen LogP contribution in [0.4, 0.5) is 0 Å². The maximum atomic E-state index is 11.5. The van der Waals surface area contributed by atoms with Gasteiger partial charge in [-0.2, -0.15) is 0 Å². The Labute approximate surface area is 85.2 Å². The van der Waals surface area contributed by atoms with Crippen molar-refractivity contribution in [3.05, 3.63) is 0 Å². The van der Waals surface area contributed by atoms with Gasteiger partial charge in [-0.1, -0.05) is 0 Å². The minimum absolute atomic E-state index is 0.316. The highest BCUT2D eigenvalue weighted by Gasteiger charge is 2.24. The minimum atomic E-state index is -3.34. The van der Waals surface area contributed by atoms with Gasteiger partial charge in [-0.05, 0) is 19.9 Å². The highest BCUT2D eigenvalue weighted by molar-refractivity contribution is 7.92. The molecule has 0 saturated heterocycles. The molecule has 0 radical (unpaired) electrons. The molecule has 0 aromatic rings. The van der Waals surface area contributed by atoms with E-state index in [-0.39, 0.29) is 0 Å². The molecule has 0 aliphatic carbocycles. The number of hydrogen-bond donors (Lipinski definition) is 1. The molecule has 14 heavy (non-hydrogen) atoms.